The van der Waals surface area contributed by atoms with Gasteiger partial charge in [-0.25, -0.2) is 0 Å². The second-order valence-electron chi connectivity index (χ2n) is 6.17. The largest absolute Gasteiger partial charge is 0.497 e. The van der Waals surface area contributed by atoms with Gasteiger partial charge in [0.1, 0.15) is 5.75 Å². The van der Waals surface area contributed by atoms with Crippen LogP contribution in [0.2, 0.25) is 0 Å². The molecule has 0 fully saturated rings. The van der Waals surface area contributed by atoms with Crippen LogP contribution in [0.4, 0.5) is 5.69 Å². The molecule has 134 valence electrons. The van der Waals surface area contributed by atoms with E-state index < -0.39 is 0 Å². The summed E-state index contributed by atoms with van der Waals surface area (Å²) in [4.78, 5) is 16.5. The normalized spacial score (nSPS) is 10.6. The Balaban J connectivity index is 1.60. The molecule has 6 heteroatoms. The number of hydrogen-bond donors (Lipinski definition) is 1. The second kappa shape index (κ2) is 7.82. The maximum absolute atomic E-state index is 12.2. The number of aromatic nitrogens is 2. The van der Waals surface area contributed by atoms with Gasteiger partial charge in [-0.05, 0) is 48.7 Å². The third-order valence-electron chi connectivity index (χ3n) is 4.01. The Morgan fingerprint density at radius 1 is 1.15 bits per heavy atom. The van der Waals surface area contributed by atoms with Crippen LogP contribution in [0, 0.1) is 13.8 Å². The van der Waals surface area contributed by atoms with Crippen molar-refractivity contribution in [3.05, 3.63) is 70.9 Å². The molecule has 3 aromatic rings. The highest BCUT2D eigenvalue weighted by Crippen LogP contribution is 2.17. The molecule has 6 nitrogen and oxygen atoms in total. The van der Waals surface area contributed by atoms with Crippen molar-refractivity contribution in [3.63, 3.8) is 0 Å². The van der Waals surface area contributed by atoms with Gasteiger partial charge in [-0.1, -0.05) is 29.4 Å². The van der Waals surface area contributed by atoms with Gasteiger partial charge in [0.05, 0.1) is 20.0 Å². The molecule has 2 aromatic carbocycles. The van der Waals surface area contributed by atoms with Crippen molar-refractivity contribution in [2.45, 2.75) is 26.7 Å². The van der Waals surface area contributed by atoms with E-state index >= 15 is 0 Å². The van der Waals surface area contributed by atoms with Crippen LogP contribution in [0.3, 0.4) is 0 Å². The molecule has 0 spiro atoms. The summed E-state index contributed by atoms with van der Waals surface area (Å²) < 4.78 is 10.4. The summed E-state index contributed by atoms with van der Waals surface area (Å²) in [5.41, 5.74) is 3.93. The molecule has 0 aliphatic carbocycles. The molecule has 0 atom stereocenters. The lowest BCUT2D eigenvalue weighted by atomic mass is 10.1. The molecule has 3 rings (SSSR count). The van der Waals surface area contributed by atoms with E-state index in [1.54, 1.807) is 7.11 Å². The number of methoxy groups -OCH3 is 1. The zero-order valence-corrected chi connectivity index (χ0v) is 15.1. The molecule has 0 saturated carbocycles. The number of benzene rings is 2. The topological polar surface area (TPSA) is 77.2 Å². The molecule has 1 amide bonds. The van der Waals surface area contributed by atoms with Crippen LogP contribution < -0.4 is 10.1 Å². The molecular weight excluding hydrogens is 330 g/mol. The van der Waals surface area contributed by atoms with Crippen molar-refractivity contribution in [2.24, 2.45) is 0 Å². The first-order chi connectivity index (χ1) is 12.5. The summed E-state index contributed by atoms with van der Waals surface area (Å²) >= 11 is 0. The lowest BCUT2D eigenvalue weighted by Crippen LogP contribution is -2.16. The minimum atomic E-state index is -0.171. The van der Waals surface area contributed by atoms with E-state index in [2.05, 4.69) is 15.5 Å². The van der Waals surface area contributed by atoms with Crippen molar-refractivity contribution >= 4 is 11.6 Å². The third kappa shape index (κ3) is 4.47. The number of nitrogens with one attached hydrogen (secondary N) is 1. The summed E-state index contributed by atoms with van der Waals surface area (Å²) in [6.07, 6.45) is 0.578. The molecule has 0 bridgehead atoms. The summed E-state index contributed by atoms with van der Waals surface area (Å²) in [6, 6.07) is 13.6. The fourth-order valence-electron chi connectivity index (χ4n) is 2.56. The smallest absolute Gasteiger partial charge is 0.232 e. The zero-order chi connectivity index (χ0) is 18.5. The van der Waals surface area contributed by atoms with E-state index in [1.807, 2.05) is 56.3 Å². The van der Waals surface area contributed by atoms with Gasteiger partial charge in [0, 0.05) is 5.69 Å². The van der Waals surface area contributed by atoms with Crippen molar-refractivity contribution < 1.29 is 14.1 Å². The van der Waals surface area contributed by atoms with Gasteiger partial charge < -0.3 is 14.6 Å². The third-order valence-corrected chi connectivity index (χ3v) is 4.01. The van der Waals surface area contributed by atoms with Crippen LogP contribution in [0.5, 0.6) is 5.75 Å². The Morgan fingerprint density at radius 2 is 1.92 bits per heavy atom. The zero-order valence-electron chi connectivity index (χ0n) is 15.1. The van der Waals surface area contributed by atoms with Crippen LogP contribution in [-0.2, 0) is 17.6 Å². The van der Waals surface area contributed by atoms with Crippen LogP contribution in [0.15, 0.2) is 47.0 Å². The molecule has 1 aromatic heterocycles. The molecule has 1 heterocycles. The van der Waals surface area contributed by atoms with Gasteiger partial charge >= 0.3 is 0 Å². The van der Waals surface area contributed by atoms with E-state index in [1.165, 1.54) is 0 Å². The van der Waals surface area contributed by atoms with Gasteiger partial charge in [0.2, 0.25) is 11.8 Å². The quantitative estimate of drug-likeness (QED) is 0.736. The number of hydrogen-bond acceptors (Lipinski definition) is 5. The number of anilines is 1. The summed E-state index contributed by atoms with van der Waals surface area (Å²) in [5.74, 6) is 1.47. The standard InChI is InChI=1S/C20H21N3O3/c1-13-4-5-14(2)17(10-13)21-19(24)12-18-22-20(26-23-18)11-15-6-8-16(25-3)9-7-15/h4-10H,11-12H2,1-3H3,(H,21,24). The van der Waals surface area contributed by atoms with E-state index in [-0.39, 0.29) is 12.3 Å². The van der Waals surface area contributed by atoms with Gasteiger partial charge in [0.25, 0.3) is 0 Å². The van der Waals surface area contributed by atoms with Crippen molar-refractivity contribution in [3.8, 4) is 5.75 Å². The highest BCUT2D eigenvalue weighted by atomic mass is 16.5. The minimum Gasteiger partial charge on any atom is -0.497 e. The summed E-state index contributed by atoms with van der Waals surface area (Å²) in [7, 11) is 1.63. The molecule has 1 N–H and O–H groups in total. The Morgan fingerprint density at radius 3 is 2.65 bits per heavy atom. The maximum Gasteiger partial charge on any atom is 0.232 e. The van der Waals surface area contributed by atoms with Gasteiger partial charge in [0.15, 0.2) is 5.82 Å². The number of carbonyl (C=O) groups is 1. The number of nitrogens with zero attached hydrogens (tertiary/aromatic N) is 2. The number of aryl methyl sites for hydroxylation is 2. The van der Waals surface area contributed by atoms with E-state index in [0.29, 0.717) is 18.1 Å². The first kappa shape index (κ1) is 17.7. The van der Waals surface area contributed by atoms with E-state index in [9.17, 15) is 4.79 Å². The molecule has 0 aliphatic heterocycles. The fraction of sp³-hybridized carbons (Fsp3) is 0.250. The first-order valence-electron chi connectivity index (χ1n) is 8.35. The van der Waals surface area contributed by atoms with E-state index in [4.69, 9.17) is 9.26 Å². The number of carbonyl (C=O) groups excluding carboxylic acids is 1. The summed E-state index contributed by atoms with van der Waals surface area (Å²) in [6.45, 7) is 3.94. The molecule has 0 unspecified atom stereocenters. The molecule has 0 aliphatic rings. The predicted molar refractivity (Wildman–Crippen MR) is 98.3 cm³/mol. The van der Waals surface area contributed by atoms with Gasteiger partial charge in [-0.2, -0.15) is 4.98 Å². The molecule has 0 radical (unpaired) electrons. The number of ether oxygens (including phenoxy) is 1. The first-order valence-corrected chi connectivity index (χ1v) is 8.35. The summed E-state index contributed by atoms with van der Waals surface area (Å²) in [5, 5.41) is 6.79. The maximum atomic E-state index is 12.2. The molecule has 0 saturated heterocycles. The van der Waals surface area contributed by atoms with Crippen molar-refractivity contribution in [1.82, 2.24) is 10.1 Å². The lowest BCUT2D eigenvalue weighted by Gasteiger charge is -2.08. The average Bonchev–Trinajstić information content (AvgIpc) is 3.05. The predicted octanol–water partition coefficient (Wildman–Crippen LogP) is 3.47. The van der Waals surface area contributed by atoms with Crippen LogP contribution in [-0.4, -0.2) is 23.2 Å². The van der Waals surface area contributed by atoms with E-state index in [0.717, 1.165) is 28.1 Å². The second-order valence-corrected chi connectivity index (χ2v) is 6.17. The average molecular weight is 351 g/mol. The highest BCUT2D eigenvalue weighted by molar-refractivity contribution is 5.92. The fourth-order valence-corrected chi connectivity index (χ4v) is 2.56. The van der Waals surface area contributed by atoms with Gasteiger partial charge in [-0.15, -0.1) is 0 Å². The Bertz CT molecular complexity index is 901. The van der Waals surface area contributed by atoms with Crippen LogP contribution >= 0.6 is 0 Å². The monoisotopic (exact) mass is 351 g/mol. The Hall–Kier alpha value is -3.15. The molecule has 26 heavy (non-hydrogen) atoms. The lowest BCUT2D eigenvalue weighted by molar-refractivity contribution is -0.115. The number of rotatable bonds is 6. The minimum absolute atomic E-state index is 0.0689. The van der Waals surface area contributed by atoms with Crippen LogP contribution in [0.25, 0.3) is 0 Å². The SMILES string of the molecule is COc1ccc(Cc2nc(CC(=O)Nc3cc(C)ccc3C)no2)cc1. The van der Waals surface area contributed by atoms with Crippen molar-refractivity contribution in [2.75, 3.05) is 12.4 Å². The highest BCUT2D eigenvalue weighted by Gasteiger charge is 2.12. The Kier molecular flexibility index (Phi) is 5.31. The Labute approximate surface area is 152 Å². The van der Waals surface area contributed by atoms with Crippen molar-refractivity contribution in [1.29, 1.82) is 0 Å². The van der Waals surface area contributed by atoms with Crippen LogP contribution in [0.1, 0.15) is 28.4 Å². The molecular formula is C20H21N3O3. The van der Waals surface area contributed by atoms with Gasteiger partial charge in [-0.3, -0.25) is 4.79 Å². The number of amides is 1.